The van der Waals surface area contributed by atoms with Crippen molar-refractivity contribution in [1.82, 2.24) is 14.4 Å². The van der Waals surface area contributed by atoms with Crippen LogP contribution in [0.4, 0.5) is 0 Å². The van der Waals surface area contributed by atoms with Crippen molar-refractivity contribution >= 4 is 16.0 Å². The maximum atomic E-state index is 12.9. The molecule has 10 nitrogen and oxygen atoms in total. The van der Waals surface area contributed by atoms with Crippen molar-refractivity contribution in [1.29, 1.82) is 0 Å². The van der Waals surface area contributed by atoms with Crippen molar-refractivity contribution in [3.63, 3.8) is 0 Å². The van der Waals surface area contributed by atoms with Crippen LogP contribution in [0, 0.1) is 6.92 Å². The number of aryl methyl sites for hydroxylation is 1. The molecular formula is C23H25N3O7S. The lowest BCUT2D eigenvalue weighted by atomic mass is 10.1. The molecule has 1 aromatic heterocycles. The van der Waals surface area contributed by atoms with E-state index in [1.54, 1.807) is 25.1 Å². The largest absolute Gasteiger partial charge is 0.493 e. The minimum Gasteiger partial charge on any atom is -0.493 e. The third-order valence-electron chi connectivity index (χ3n) is 5.26. The molecule has 0 amide bonds. The number of carbonyl (C=O) groups excluding carboxylic acids is 1. The third kappa shape index (κ3) is 5.11. The maximum Gasteiger partial charge on any atom is 0.338 e. The van der Waals surface area contributed by atoms with Gasteiger partial charge in [-0.1, -0.05) is 23.4 Å². The predicted octanol–water partition coefficient (Wildman–Crippen LogP) is 2.82. The standard InChI is InChI=1S/C23H25N3O7S/c1-3-31-20-7-5-4-6-18(20)22-24-21(33-25-22)15-32-23(27)19-14-17(9-8-16(19)2)34(28,29)26-10-12-30-13-11-26/h4-9,14H,3,10-13,15H2,1-2H3. The predicted molar refractivity (Wildman–Crippen MR) is 121 cm³/mol. The van der Waals surface area contributed by atoms with Crippen LogP contribution in [0.2, 0.25) is 0 Å². The molecule has 0 atom stereocenters. The van der Waals surface area contributed by atoms with Crippen LogP contribution in [0.5, 0.6) is 5.75 Å². The number of sulfonamides is 1. The van der Waals surface area contributed by atoms with Crippen LogP contribution in [0.15, 0.2) is 51.9 Å². The summed E-state index contributed by atoms with van der Waals surface area (Å²) in [5.41, 5.74) is 1.39. The number of aromatic nitrogens is 2. The first-order chi connectivity index (χ1) is 16.4. The molecule has 2 aromatic carbocycles. The number of esters is 1. The molecule has 1 aliphatic heterocycles. The highest BCUT2D eigenvalue weighted by Crippen LogP contribution is 2.28. The van der Waals surface area contributed by atoms with Crippen LogP contribution in [-0.2, 0) is 26.1 Å². The van der Waals surface area contributed by atoms with Crippen molar-refractivity contribution in [2.24, 2.45) is 0 Å². The second-order valence-corrected chi connectivity index (χ2v) is 9.45. The number of para-hydroxylation sites is 1. The van der Waals surface area contributed by atoms with E-state index in [9.17, 15) is 13.2 Å². The number of rotatable bonds is 8. The van der Waals surface area contributed by atoms with E-state index >= 15 is 0 Å². The van der Waals surface area contributed by atoms with Gasteiger partial charge >= 0.3 is 5.97 Å². The van der Waals surface area contributed by atoms with Gasteiger partial charge in [0.2, 0.25) is 15.8 Å². The smallest absolute Gasteiger partial charge is 0.338 e. The Morgan fingerprint density at radius 3 is 2.68 bits per heavy atom. The summed E-state index contributed by atoms with van der Waals surface area (Å²) in [7, 11) is -3.75. The van der Waals surface area contributed by atoms with Crippen LogP contribution in [0.25, 0.3) is 11.4 Å². The number of carbonyl (C=O) groups is 1. The van der Waals surface area contributed by atoms with Gasteiger partial charge < -0.3 is 18.7 Å². The molecule has 180 valence electrons. The van der Waals surface area contributed by atoms with E-state index in [0.717, 1.165) is 0 Å². The average Bonchev–Trinajstić information content (AvgIpc) is 3.33. The molecule has 2 heterocycles. The molecule has 3 aromatic rings. The molecule has 1 fully saturated rings. The Labute approximate surface area is 197 Å². The van der Waals surface area contributed by atoms with E-state index in [1.165, 1.54) is 16.4 Å². The molecule has 0 radical (unpaired) electrons. The SMILES string of the molecule is CCOc1ccccc1-c1noc(COC(=O)c2cc(S(=O)(=O)N3CCOCC3)ccc2C)n1. The maximum absolute atomic E-state index is 12.9. The molecule has 34 heavy (non-hydrogen) atoms. The van der Waals surface area contributed by atoms with Crippen molar-refractivity contribution < 1.29 is 31.9 Å². The van der Waals surface area contributed by atoms with E-state index in [4.69, 9.17) is 18.7 Å². The Kier molecular flexibility index (Phi) is 7.25. The lowest BCUT2D eigenvalue weighted by Crippen LogP contribution is -2.40. The van der Waals surface area contributed by atoms with Gasteiger partial charge in [-0.05, 0) is 43.7 Å². The Balaban J connectivity index is 1.47. The Morgan fingerprint density at radius 1 is 1.15 bits per heavy atom. The molecule has 4 rings (SSSR count). The zero-order chi connectivity index (χ0) is 24.1. The lowest BCUT2D eigenvalue weighted by Gasteiger charge is -2.26. The van der Waals surface area contributed by atoms with Crippen molar-refractivity contribution in [2.45, 2.75) is 25.3 Å². The van der Waals surface area contributed by atoms with Gasteiger partial charge in [0.05, 0.1) is 35.8 Å². The Hall–Kier alpha value is -3.28. The van der Waals surface area contributed by atoms with Gasteiger partial charge in [0.1, 0.15) is 5.75 Å². The first kappa shape index (κ1) is 23.9. The van der Waals surface area contributed by atoms with Gasteiger partial charge in [-0.25, -0.2) is 13.2 Å². The van der Waals surface area contributed by atoms with E-state index in [0.29, 0.717) is 42.5 Å². The van der Waals surface area contributed by atoms with Gasteiger partial charge in [0.25, 0.3) is 5.89 Å². The summed E-state index contributed by atoms with van der Waals surface area (Å²) in [6.45, 7) is 5.01. The summed E-state index contributed by atoms with van der Waals surface area (Å²) >= 11 is 0. The van der Waals surface area contributed by atoms with Crippen molar-refractivity contribution in [2.75, 3.05) is 32.9 Å². The van der Waals surface area contributed by atoms with Gasteiger partial charge in [0, 0.05) is 13.1 Å². The summed E-state index contributed by atoms with van der Waals surface area (Å²) in [6, 6.07) is 11.7. The fraction of sp³-hybridized carbons (Fsp3) is 0.348. The van der Waals surface area contributed by atoms with Crippen LogP contribution in [0.1, 0.15) is 28.7 Å². The van der Waals surface area contributed by atoms with Gasteiger partial charge in [-0.3, -0.25) is 0 Å². The summed E-state index contributed by atoms with van der Waals surface area (Å²) in [6.07, 6.45) is 0. The number of hydrogen-bond donors (Lipinski definition) is 0. The minimum absolute atomic E-state index is 0.0274. The molecule has 1 saturated heterocycles. The molecular weight excluding hydrogens is 462 g/mol. The van der Waals surface area contributed by atoms with E-state index < -0.39 is 16.0 Å². The normalized spacial score (nSPS) is 14.6. The first-order valence-corrected chi connectivity index (χ1v) is 12.2. The van der Waals surface area contributed by atoms with Crippen LogP contribution in [0.3, 0.4) is 0 Å². The molecule has 0 N–H and O–H groups in total. The second kappa shape index (κ2) is 10.3. The summed E-state index contributed by atoms with van der Waals surface area (Å²) < 4.78 is 48.6. The molecule has 0 aliphatic carbocycles. The minimum atomic E-state index is -3.75. The summed E-state index contributed by atoms with van der Waals surface area (Å²) in [4.78, 5) is 17.1. The van der Waals surface area contributed by atoms with E-state index in [1.807, 2.05) is 19.1 Å². The zero-order valence-corrected chi connectivity index (χ0v) is 19.7. The zero-order valence-electron chi connectivity index (χ0n) is 18.9. The highest BCUT2D eigenvalue weighted by molar-refractivity contribution is 7.89. The monoisotopic (exact) mass is 487 g/mol. The van der Waals surface area contributed by atoms with E-state index in [2.05, 4.69) is 10.1 Å². The van der Waals surface area contributed by atoms with Gasteiger partial charge in [0.15, 0.2) is 6.61 Å². The highest BCUT2D eigenvalue weighted by Gasteiger charge is 2.27. The van der Waals surface area contributed by atoms with Crippen LogP contribution >= 0.6 is 0 Å². The molecule has 11 heteroatoms. The second-order valence-electron chi connectivity index (χ2n) is 7.51. The molecule has 0 bridgehead atoms. The van der Waals surface area contributed by atoms with Crippen LogP contribution in [-0.4, -0.2) is 61.7 Å². The molecule has 1 aliphatic rings. The number of ether oxygens (including phenoxy) is 3. The molecule has 0 unspecified atom stereocenters. The van der Waals surface area contributed by atoms with Crippen molar-refractivity contribution in [3.05, 3.63) is 59.5 Å². The highest BCUT2D eigenvalue weighted by atomic mass is 32.2. The Bertz CT molecular complexity index is 1270. The average molecular weight is 488 g/mol. The fourth-order valence-corrected chi connectivity index (χ4v) is 4.91. The third-order valence-corrected chi connectivity index (χ3v) is 7.15. The van der Waals surface area contributed by atoms with E-state index in [-0.39, 0.29) is 36.0 Å². The summed E-state index contributed by atoms with van der Waals surface area (Å²) in [5, 5.41) is 3.94. The van der Waals surface area contributed by atoms with Crippen molar-refractivity contribution in [3.8, 4) is 17.1 Å². The fourth-order valence-electron chi connectivity index (χ4n) is 3.48. The first-order valence-electron chi connectivity index (χ1n) is 10.8. The Morgan fingerprint density at radius 2 is 1.91 bits per heavy atom. The molecule has 0 spiro atoms. The number of nitrogens with zero attached hydrogens (tertiary/aromatic N) is 3. The number of benzene rings is 2. The van der Waals surface area contributed by atoms with Gasteiger partial charge in [-0.15, -0.1) is 0 Å². The number of morpholine rings is 1. The topological polar surface area (TPSA) is 121 Å². The summed E-state index contributed by atoms with van der Waals surface area (Å²) in [5.74, 6) is 0.337. The quantitative estimate of drug-likeness (QED) is 0.442. The lowest BCUT2D eigenvalue weighted by molar-refractivity contribution is 0.0428. The molecule has 0 saturated carbocycles. The number of hydrogen-bond acceptors (Lipinski definition) is 9. The van der Waals surface area contributed by atoms with Crippen LogP contribution < -0.4 is 4.74 Å². The van der Waals surface area contributed by atoms with Gasteiger partial charge in [-0.2, -0.15) is 9.29 Å².